The van der Waals surface area contributed by atoms with Crippen LogP contribution in [0.3, 0.4) is 0 Å². The van der Waals surface area contributed by atoms with E-state index in [9.17, 15) is 39.6 Å². The molecule has 0 fully saturated rings. The van der Waals surface area contributed by atoms with Gasteiger partial charge in [0.2, 0.25) is 0 Å². The van der Waals surface area contributed by atoms with Crippen molar-refractivity contribution in [2.75, 3.05) is 0 Å². The largest absolute Gasteiger partial charge is 4.00 e. The van der Waals surface area contributed by atoms with Gasteiger partial charge in [-0.1, -0.05) is 41.5 Å². The monoisotopic (exact) mass is 396 g/mol. The fourth-order valence-electron chi connectivity index (χ4n) is 0.332. The average Bonchev–Trinajstić information content (AvgIpc) is 2.35. The van der Waals surface area contributed by atoms with Gasteiger partial charge in [-0.05, 0) is 13.8 Å². The Labute approximate surface area is 164 Å². The van der Waals surface area contributed by atoms with Crippen molar-refractivity contribution in [2.45, 2.75) is 67.6 Å². The average molecular weight is 396 g/mol. The molecule has 144 valence electrons. The number of carboxylic acids is 2. The van der Waals surface area contributed by atoms with Gasteiger partial charge in [0.25, 0.3) is 0 Å². The molecule has 0 amide bonds. The third-order valence-electron chi connectivity index (χ3n) is 1.93. The third kappa shape index (κ3) is 45.1. The Morgan fingerprint density at radius 2 is 0.720 bits per heavy atom. The molecule has 0 aromatic heterocycles. The summed E-state index contributed by atoms with van der Waals surface area (Å²) in [6.07, 6.45) is -0.833. The van der Waals surface area contributed by atoms with Crippen LogP contribution in [0.1, 0.15) is 55.4 Å². The van der Waals surface area contributed by atoms with Crippen molar-refractivity contribution in [1.29, 1.82) is 0 Å². The minimum atomic E-state index is -1.31. The van der Waals surface area contributed by atoms with Gasteiger partial charge < -0.3 is 30.0 Å². The number of carbonyl (C=O) groups is 4. The second-order valence-corrected chi connectivity index (χ2v) is 5.40. The maximum absolute atomic E-state index is 10.2. The molecular weight excluding hydrogens is 368 g/mol. The van der Waals surface area contributed by atoms with Gasteiger partial charge >= 0.3 is 21.7 Å². The summed E-state index contributed by atoms with van der Waals surface area (Å²) in [4.78, 5) is 39.9. The van der Waals surface area contributed by atoms with Crippen molar-refractivity contribution in [1.82, 2.24) is 0 Å². The van der Waals surface area contributed by atoms with Crippen LogP contribution in [-0.2, 0) is 40.9 Å². The Hall–Kier alpha value is -1.09. The maximum Gasteiger partial charge on any atom is 4.00 e. The number of aliphatic carboxylic acids is 2. The van der Waals surface area contributed by atoms with Crippen LogP contribution in [0.2, 0.25) is 0 Å². The van der Waals surface area contributed by atoms with E-state index in [1.807, 2.05) is 0 Å². The number of carbonyl (C=O) groups excluding carboxylic acids is 4. The Morgan fingerprint density at radius 1 is 0.600 bits per heavy atom. The molecule has 0 aromatic rings. The van der Waals surface area contributed by atoms with E-state index in [4.69, 9.17) is 0 Å². The molecule has 0 rings (SSSR count). The SMILES string of the molecule is CC(=O)C(C)C(=O)[O-].CC(=O)C(C)C(=O)[O-].CC(C)[O-].CC(C)[O-].[Ti+4]. The van der Waals surface area contributed by atoms with Crippen molar-refractivity contribution in [2.24, 2.45) is 11.8 Å². The zero-order valence-electron chi connectivity index (χ0n) is 16.1. The van der Waals surface area contributed by atoms with Crippen molar-refractivity contribution in [3.63, 3.8) is 0 Å². The first kappa shape index (κ1) is 35.1. The summed E-state index contributed by atoms with van der Waals surface area (Å²) in [5, 5.41) is 38.7. The molecule has 0 saturated carbocycles. The van der Waals surface area contributed by atoms with E-state index in [-0.39, 0.29) is 33.3 Å². The van der Waals surface area contributed by atoms with Crippen LogP contribution in [-0.4, -0.2) is 35.7 Å². The summed E-state index contributed by atoms with van der Waals surface area (Å²) < 4.78 is 0. The van der Waals surface area contributed by atoms with Crippen LogP contribution in [0.4, 0.5) is 0 Å². The molecule has 0 radical (unpaired) electrons. The van der Waals surface area contributed by atoms with E-state index >= 15 is 0 Å². The molecule has 8 nitrogen and oxygen atoms in total. The van der Waals surface area contributed by atoms with Crippen LogP contribution >= 0.6 is 0 Å². The normalized spacial score (nSPS) is 11.0. The van der Waals surface area contributed by atoms with Gasteiger partial charge in [-0.2, -0.15) is 0 Å². The summed E-state index contributed by atoms with van der Waals surface area (Å²) in [5.74, 6) is -5.28. The molecule has 0 aliphatic heterocycles. The standard InChI is InChI=1S/2C5H8O3.2C3H7O.Ti/c2*1-3(4(2)6)5(7)8;2*1-3(2)4;/h2*3H,1-2H3,(H,7,8);2*3H,1-2H3;/q;;2*-1;+4/p-2. The Balaban J connectivity index is -0.0000000739. The predicted octanol–water partition coefficient (Wildman–Crippen LogP) is -2.57. The number of ketones is 2. The zero-order chi connectivity index (χ0) is 20.6. The Morgan fingerprint density at radius 3 is 0.720 bits per heavy atom. The number of carboxylic acid groups (broad SMARTS) is 2. The Kier molecular flexibility index (Phi) is 29.4. The molecule has 2 unspecified atom stereocenters. The third-order valence-corrected chi connectivity index (χ3v) is 1.93. The van der Waals surface area contributed by atoms with Crippen LogP contribution in [0, 0.1) is 11.8 Å². The first-order chi connectivity index (χ1) is 10.6. The second kappa shape index (κ2) is 21.0. The first-order valence-electron chi connectivity index (χ1n) is 7.31. The van der Waals surface area contributed by atoms with Crippen LogP contribution in [0.25, 0.3) is 0 Å². The van der Waals surface area contributed by atoms with Crippen molar-refractivity contribution in [3.05, 3.63) is 0 Å². The first-order valence-corrected chi connectivity index (χ1v) is 7.31. The molecule has 0 saturated heterocycles. The molecule has 2 atom stereocenters. The molecule has 9 heteroatoms. The summed E-state index contributed by atoms with van der Waals surface area (Å²) >= 11 is 0. The summed E-state index contributed by atoms with van der Waals surface area (Å²) in [7, 11) is 0. The minimum Gasteiger partial charge on any atom is -0.852 e. The molecule has 0 spiro atoms. The number of hydrogen-bond acceptors (Lipinski definition) is 8. The topological polar surface area (TPSA) is 161 Å². The van der Waals surface area contributed by atoms with Gasteiger partial charge in [-0.3, -0.25) is 9.59 Å². The fraction of sp³-hybridized carbons (Fsp3) is 0.750. The molecule has 0 N–H and O–H groups in total. The van der Waals surface area contributed by atoms with Crippen molar-refractivity contribution < 1.29 is 61.3 Å². The molecule has 25 heavy (non-hydrogen) atoms. The second-order valence-electron chi connectivity index (χ2n) is 5.40. The molecule has 0 aromatic carbocycles. The molecular formula is C16H28O8Ti. The van der Waals surface area contributed by atoms with E-state index < -0.39 is 36.0 Å². The summed E-state index contributed by atoms with van der Waals surface area (Å²) in [6.45, 7) is 11.5. The van der Waals surface area contributed by atoms with E-state index in [2.05, 4.69) is 0 Å². The van der Waals surface area contributed by atoms with E-state index in [1.54, 1.807) is 27.7 Å². The number of hydrogen-bond donors (Lipinski definition) is 0. The predicted molar refractivity (Wildman–Crippen MR) is 80.0 cm³/mol. The number of Topliss-reactive ketones (excluding diaryl/α,β-unsaturated/α-hetero) is 2. The molecule has 0 heterocycles. The van der Waals surface area contributed by atoms with Crippen LogP contribution in [0.15, 0.2) is 0 Å². The summed E-state index contributed by atoms with van der Waals surface area (Å²) in [6, 6.07) is 0. The number of rotatable bonds is 4. The molecule has 0 aliphatic carbocycles. The van der Waals surface area contributed by atoms with Gasteiger partial charge in [-0.25, -0.2) is 0 Å². The van der Waals surface area contributed by atoms with Crippen LogP contribution < -0.4 is 20.4 Å². The van der Waals surface area contributed by atoms with E-state index in [0.717, 1.165) is 0 Å². The maximum atomic E-state index is 10.2. The van der Waals surface area contributed by atoms with Gasteiger partial charge in [0.1, 0.15) is 11.6 Å². The smallest absolute Gasteiger partial charge is 0.852 e. The molecule has 0 aliphatic rings. The summed E-state index contributed by atoms with van der Waals surface area (Å²) in [5.41, 5.74) is 0. The van der Waals surface area contributed by atoms with Gasteiger partial charge in [0.05, 0.1) is 23.8 Å². The van der Waals surface area contributed by atoms with Gasteiger partial charge in [0.15, 0.2) is 0 Å². The van der Waals surface area contributed by atoms with E-state index in [1.165, 1.54) is 27.7 Å². The minimum absolute atomic E-state index is 0. The van der Waals surface area contributed by atoms with Gasteiger partial charge in [0, 0.05) is 0 Å². The molecule has 0 bridgehead atoms. The van der Waals surface area contributed by atoms with Crippen LogP contribution in [0.5, 0.6) is 0 Å². The van der Waals surface area contributed by atoms with E-state index in [0.29, 0.717) is 0 Å². The van der Waals surface area contributed by atoms with Gasteiger partial charge in [-0.15, -0.1) is 12.2 Å². The zero-order valence-corrected chi connectivity index (χ0v) is 17.6. The fourth-order valence-corrected chi connectivity index (χ4v) is 0.332. The quantitative estimate of drug-likeness (QED) is 0.370. The van der Waals surface area contributed by atoms with Crippen molar-refractivity contribution >= 4 is 23.5 Å². The van der Waals surface area contributed by atoms with Crippen molar-refractivity contribution in [3.8, 4) is 0 Å². The Bertz CT molecular complexity index is 311.